The van der Waals surface area contributed by atoms with E-state index in [0.717, 1.165) is 22.3 Å². The number of ether oxygens (including phenoxy) is 1. The monoisotopic (exact) mass is 467 g/mol. The van der Waals surface area contributed by atoms with E-state index in [1.165, 1.54) is 12.0 Å². The van der Waals surface area contributed by atoms with Gasteiger partial charge in [0.25, 0.3) is 0 Å². The Bertz CT molecular complexity index is 1290. The van der Waals surface area contributed by atoms with E-state index >= 15 is 0 Å². The van der Waals surface area contributed by atoms with Crippen LogP contribution in [0.3, 0.4) is 0 Å². The van der Waals surface area contributed by atoms with Gasteiger partial charge in [-0.1, -0.05) is 84.4 Å². The summed E-state index contributed by atoms with van der Waals surface area (Å²) >= 11 is 6.21. The largest absolute Gasteiger partial charge is 0.495 e. The Labute approximate surface area is 203 Å². The first kappa shape index (κ1) is 20.9. The molecule has 4 atom stereocenters. The van der Waals surface area contributed by atoms with Crippen LogP contribution < -0.4 is 9.64 Å². The standard InChI is InChI=1S/C29H22ClNO3/c1-34-23-15-12-19(30)16-22(23)31-28(32)26-20-13-14-21(27(26)29(31)33)25(20)24(17-8-4-2-5-9-17)18-10-6-3-7-11-18/h2-16,20-21,26-27H,1H3/t20-,21-,26+,27+/m0/s1. The summed E-state index contributed by atoms with van der Waals surface area (Å²) in [6.45, 7) is 0. The zero-order valence-electron chi connectivity index (χ0n) is 18.5. The number of nitrogens with zero attached hydrogens (tertiary/aromatic N) is 1. The molecule has 0 N–H and O–H groups in total. The van der Waals surface area contributed by atoms with Gasteiger partial charge in [0.2, 0.25) is 11.8 Å². The Hall–Kier alpha value is -3.63. The zero-order valence-corrected chi connectivity index (χ0v) is 19.3. The first-order valence-corrected chi connectivity index (χ1v) is 11.7. The lowest BCUT2D eigenvalue weighted by Gasteiger charge is -2.22. The highest BCUT2D eigenvalue weighted by Gasteiger charge is 2.62. The number of amides is 2. The van der Waals surface area contributed by atoms with Crippen molar-refractivity contribution in [2.45, 2.75) is 0 Å². The Balaban J connectivity index is 1.49. The summed E-state index contributed by atoms with van der Waals surface area (Å²) in [4.78, 5) is 28.8. The number of benzene rings is 3. The first-order chi connectivity index (χ1) is 16.6. The van der Waals surface area contributed by atoms with Crippen LogP contribution in [0.2, 0.25) is 5.02 Å². The van der Waals surface area contributed by atoms with Crippen molar-refractivity contribution < 1.29 is 14.3 Å². The van der Waals surface area contributed by atoms with E-state index in [4.69, 9.17) is 16.3 Å². The van der Waals surface area contributed by atoms with Crippen LogP contribution in [0.25, 0.3) is 5.57 Å². The number of imide groups is 1. The number of rotatable bonds is 4. The fraction of sp³-hybridized carbons (Fsp3) is 0.172. The smallest absolute Gasteiger partial charge is 0.238 e. The first-order valence-electron chi connectivity index (χ1n) is 11.3. The molecule has 0 unspecified atom stereocenters. The Morgan fingerprint density at radius 2 is 1.32 bits per heavy atom. The molecule has 6 rings (SSSR count). The molecule has 5 heteroatoms. The average molecular weight is 468 g/mol. The van der Waals surface area contributed by atoms with Crippen molar-refractivity contribution in [1.82, 2.24) is 0 Å². The predicted octanol–water partition coefficient (Wildman–Crippen LogP) is 5.77. The van der Waals surface area contributed by atoms with Gasteiger partial charge >= 0.3 is 0 Å². The molecule has 34 heavy (non-hydrogen) atoms. The second kappa shape index (κ2) is 8.00. The van der Waals surface area contributed by atoms with E-state index in [1.54, 1.807) is 18.2 Å². The topological polar surface area (TPSA) is 46.6 Å². The summed E-state index contributed by atoms with van der Waals surface area (Å²) in [5.41, 5.74) is 4.87. The minimum absolute atomic E-state index is 0.128. The average Bonchev–Trinajstić information content (AvgIpc) is 3.50. The molecule has 3 aromatic carbocycles. The minimum Gasteiger partial charge on any atom is -0.495 e. The molecule has 2 amide bonds. The molecule has 0 aromatic heterocycles. The number of fused-ring (bicyclic) bond motifs is 5. The van der Waals surface area contributed by atoms with Gasteiger partial charge in [-0.3, -0.25) is 9.59 Å². The zero-order chi connectivity index (χ0) is 23.4. The third-order valence-corrected chi connectivity index (χ3v) is 7.45. The maximum Gasteiger partial charge on any atom is 0.238 e. The van der Waals surface area contributed by atoms with Crippen LogP contribution in [0.4, 0.5) is 5.69 Å². The highest BCUT2D eigenvalue weighted by Crippen LogP contribution is 2.59. The number of allylic oxidation sites excluding steroid dienone is 3. The van der Waals surface area contributed by atoms with E-state index in [9.17, 15) is 9.59 Å². The molecule has 2 aliphatic carbocycles. The van der Waals surface area contributed by atoms with Gasteiger partial charge in [0.15, 0.2) is 0 Å². The summed E-state index contributed by atoms with van der Waals surface area (Å²) in [5, 5.41) is 0.450. The summed E-state index contributed by atoms with van der Waals surface area (Å²) < 4.78 is 5.45. The van der Waals surface area contributed by atoms with Crippen LogP contribution in [-0.2, 0) is 9.59 Å². The molecule has 168 valence electrons. The predicted molar refractivity (Wildman–Crippen MR) is 133 cm³/mol. The third-order valence-electron chi connectivity index (χ3n) is 7.21. The van der Waals surface area contributed by atoms with Crippen LogP contribution in [0.5, 0.6) is 5.75 Å². The van der Waals surface area contributed by atoms with Crippen molar-refractivity contribution >= 4 is 34.7 Å². The van der Waals surface area contributed by atoms with Crippen molar-refractivity contribution in [2.24, 2.45) is 23.7 Å². The fourth-order valence-corrected chi connectivity index (χ4v) is 6.05. The normalized spacial score (nSPS) is 24.6. The molecule has 1 heterocycles. The van der Waals surface area contributed by atoms with Crippen LogP contribution in [0.1, 0.15) is 11.1 Å². The van der Waals surface area contributed by atoms with Gasteiger partial charge in [0.1, 0.15) is 5.75 Å². The molecule has 3 aromatic rings. The number of carbonyl (C=O) groups excluding carboxylic acids is 2. The Morgan fingerprint density at radius 1 is 0.794 bits per heavy atom. The van der Waals surface area contributed by atoms with Crippen LogP contribution >= 0.6 is 11.6 Å². The molecule has 1 saturated heterocycles. The van der Waals surface area contributed by atoms with Gasteiger partial charge < -0.3 is 4.74 Å². The number of anilines is 1. The van der Waals surface area contributed by atoms with E-state index in [2.05, 4.69) is 36.4 Å². The lowest BCUT2D eigenvalue weighted by molar-refractivity contribution is -0.123. The van der Waals surface area contributed by atoms with E-state index in [0.29, 0.717) is 16.5 Å². The van der Waals surface area contributed by atoms with Crippen molar-refractivity contribution in [3.63, 3.8) is 0 Å². The quantitative estimate of drug-likeness (QED) is 0.361. The van der Waals surface area contributed by atoms with Gasteiger partial charge in [-0.05, 0) is 40.5 Å². The molecule has 2 bridgehead atoms. The minimum atomic E-state index is -0.427. The lowest BCUT2D eigenvalue weighted by Crippen LogP contribution is -2.33. The van der Waals surface area contributed by atoms with Crippen molar-refractivity contribution in [2.75, 3.05) is 12.0 Å². The molecule has 1 aliphatic heterocycles. The summed E-state index contributed by atoms with van der Waals surface area (Å²) in [6, 6.07) is 25.5. The Kier molecular flexibility index (Phi) is 4.93. The van der Waals surface area contributed by atoms with Crippen molar-refractivity contribution in [3.05, 3.63) is 113 Å². The molecule has 0 spiro atoms. The SMILES string of the molecule is COc1ccc(Cl)cc1N1C(=O)[C@H]2[C@H](C1=O)[C@H]1C=C[C@H]2C1=C(c1ccccc1)c1ccccc1. The van der Waals surface area contributed by atoms with Crippen molar-refractivity contribution in [3.8, 4) is 5.75 Å². The number of methoxy groups -OCH3 is 1. The van der Waals surface area contributed by atoms with Gasteiger partial charge in [0.05, 0.1) is 24.6 Å². The summed E-state index contributed by atoms with van der Waals surface area (Å²) in [6.07, 6.45) is 4.22. The fourth-order valence-electron chi connectivity index (χ4n) is 5.88. The Morgan fingerprint density at radius 3 is 1.82 bits per heavy atom. The van der Waals surface area contributed by atoms with Crippen LogP contribution in [0.15, 0.2) is 96.6 Å². The molecule has 3 aliphatic rings. The lowest BCUT2D eigenvalue weighted by atomic mass is 9.85. The molecule has 0 radical (unpaired) electrons. The summed E-state index contributed by atoms with van der Waals surface area (Å²) in [7, 11) is 1.52. The van der Waals surface area contributed by atoms with Gasteiger partial charge in [-0.25, -0.2) is 4.90 Å². The highest BCUT2D eigenvalue weighted by molar-refractivity contribution is 6.31. The second-order valence-electron chi connectivity index (χ2n) is 8.88. The highest BCUT2D eigenvalue weighted by atomic mass is 35.5. The molecule has 4 nitrogen and oxygen atoms in total. The molecular formula is C29H22ClNO3. The summed E-state index contributed by atoms with van der Waals surface area (Å²) in [5.74, 6) is -1.03. The van der Waals surface area contributed by atoms with Crippen molar-refractivity contribution in [1.29, 1.82) is 0 Å². The van der Waals surface area contributed by atoms with Gasteiger partial charge in [-0.15, -0.1) is 0 Å². The van der Waals surface area contributed by atoms with Gasteiger partial charge in [0, 0.05) is 16.9 Å². The maximum absolute atomic E-state index is 13.8. The van der Waals surface area contributed by atoms with Gasteiger partial charge in [-0.2, -0.15) is 0 Å². The van der Waals surface area contributed by atoms with Crippen LogP contribution in [-0.4, -0.2) is 18.9 Å². The maximum atomic E-state index is 13.8. The number of halogens is 1. The van der Waals surface area contributed by atoms with E-state index in [1.807, 2.05) is 36.4 Å². The molecular weight excluding hydrogens is 446 g/mol. The number of carbonyl (C=O) groups is 2. The third kappa shape index (κ3) is 2.99. The van der Waals surface area contributed by atoms with E-state index < -0.39 is 11.8 Å². The van der Waals surface area contributed by atoms with E-state index in [-0.39, 0.29) is 23.7 Å². The van der Waals surface area contributed by atoms with Crippen LogP contribution in [0, 0.1) is 23.7 Å². The number of hydrogen-bond acceptors (Lipinski definition) is 3. The number of hydrogen-bond donors (Lipinski definition) is 0. The molecule has 1 saturated carbocycles. The molecule has 2 fully saturated rings. The second-order valence-corrected chi connectivity index (χ2v) is 9.31.